The van der Waals surface area contributed by atoms with Crippen LogP contribution < -0.4 is 10.6 Å². The predicted octanol–water partition coefficient (Wildman–Crippen LogP) is 5.80. The van der Waals surface area contributed by atoms with E-state index in [0.29, 0.717) is 10.8 Å². The summed E-state index contributed by atoms with van der Waals surface area (Å²) in [5, 5.41) is 11.0. The summed E-state index contributed by atoms with van der Waals surface area (Å²) < 4.78 is 1.67. The zero-order chi connectivity index (χ0) is 23.5. The van der Waals surface area contributed by atoms with Crippen molar-refractivity contribution in [2.24, 2.45) is 0 Å². The minimum absolute atomic E-state index is 0.0578. The van der Waals surface area contributed by atoms with Crippen molar-refractivity contribution >= 4 is 34.9 Å². The Kier molecular flexibility index (Phi) is 7.04. The molecule has 0 aliphatic carbocycles. The standard InChI is InChI=1S/C25H29ClN4O2/c1-16-9-10-19(13-17(16)2)27-23(31)11-12-24(32)28-22-15-21(25(3,4)5)29-30(22)20-8-6-7-18(26)14-20/h6-10,13-15H,11-12H2,1-5H3,(H,27,31)(H,28,32). The number of aromatic nitrogens is 2. The van der Waals surface area contributed by atoms with E-state index in [1.807, 2.05) is 50.2 Å². The Morgan fingerprint density at radius 3 is 2.25 bits per heavy atom. The smallest absolute Gasteiger partial charge is 0.226 e. The highest BCUT2D eigenvalue weighted by Crippen LogP contribution is 2.27. The molecule has 0 atom stereocenters. The molecule has 0 fully saturated rings. The number of rotatable bonds is 6. The van der Waals surface area contributed by atoms with E-state index >= 15 is 0 Å². The Morgan fingerprint density at radius 1 is 0.938 bits per heavy atom. The highest BCUT2D eigenvalue weighted by molar-refractivity contribution is 6.30. The lowest BCUT2D eigenvalue weighted by atomic mass is 9.92. The maximum atomic E-state index is 12.6. The number of carbonyl (C=O) groups is 2. The molecule has 0 saturated heterocycles. The molecule has 6 nitrogen and oxygen atoms in total. The van der Waals surface area contributed by atoms with Gasteiger partial charge in [0.2, 0.25) is 11.8 Å². The number of anilines is 2. The van der Waals surface area contributed by atoms with Gasteiger partial charge >= 0.3 is 0 Å². The second-order valence-electron chi connectivity index (χ2n) is 8.95. The normalized spacial score (nSPS) is 11.3. The highest BCUT2D eigenvalue weighted by Gasteiger charge is 2.22. The van der Waals surface area contributed by atoms with Gasteiger partial charge in [0.25, 0.3) is 0 Å². The minimum Gasteiger partial charge on any atom is -0.326 e. The van der Waals surface area contributed by atoms with Crippen molar-refractivity contribution in [1.82, 2.24) is 9.78 Å². The Bertz CT molecular complexity index is 1150. The molecule has 0 unspecified atom stereocenters. The number of nitrogens with one attached hydrogen (secondary N) is 2. The van der Waals surface area contributed by atoms with Gasteiger partial charge in [-0.1, -0.05) is 44.5 Å². The number of halogens is 1. The average Bonchev–Trinajstić information content (AvgIpc) is 3.13. The maximum absolute atomic E-state index is 12.6. The number of benzene rings is 2. The largest absolute Gasteiger partial charge is 0.326 e. The molecule has 2 N–H and O–H groups in total. The molecule has 1 aromatic heterocycles. The second kappa shape index (κ2) is 9.57. The molecule has 0 aliphatic heterocycles. The van der Waals surface area contributed by atoms with Crippen LogP contribution in [0.2, 0.25) is 5.02 Å². The van der Waals surface area contributed by atoms with E-state index in [9.17, 15) is 9.59 Å². The third-order valence-corrected chi connectivity index (χ3v) is 5.40. The van der Waals surface area contributed by atoms with E-state index in [4.69, 9.17) is 11.6 Å². The average molecular weight is 453 g/mol. The SMILES string of the molecule is Cc1ccc(NC(=O)CCC(=O)Nc2cc(C(C)(C)C)nn2-c2cccc(Cl)c2)cc1C. The molecule has 0 spiro atoms. The van der Waals surface area contributed by atoms with Crippen molar-refractivity contribution in [3.05, 3.63) is 70.4 Å². The van der Waals surface area contributed by atoms with E-state index in [2.05, 4.69) is 36.5 Å². The Morgan fingerprint density at radius 2 is 1.62 bits per heavy atom. The van der Waals surface area contributed by atoms with Gasteiger partial charge in [-0.2, -0.15) is 5.10 Å². The van der Waals surface area contributed by atoms with Gasteiger partial charge < -0.3 is 10.6 Å². The first-order chi connectivity index (χ1) is 15.0. The third kappa shape index (κ3) is 5.98. The van der Waals surface area contributed by atoms with Crippen LogP contribution in [0.15, 0.2) is 48.5 Å². The molecule has 2 amide bonds. The number of carbonyl (C=O) groups excluding carboxylic acids is 2. The Hall–Kier alpha value is -3.12. The minimum atomic E-state index is -0.260. The number of amides is 2. The van der Waals surface area contributed by atoms with Crippen molar-refractivity contribution in [3.8, 4) is 5.69 Å². The number of nitrogens with zero attached hydrogens (tertiary/aromatic N) is 2. The molecular weight excluding hydrogens is 424 g/mol. The van der Waals surface area contributed by atoms with E-state index < -0.39 is 0 Å². The summed E-state index contributed by atoms with van der Waals surface area (Å²) in [6, 6.07) is 14.9. The highest BCUT2D eigenvalue weighted by atomic mass is 35.5. The van der Waals surface area contributed by atoms with Crippen LogP contribution in [-0.2, 0) is 15.0 Å². The Balaban J connectivity index is 1.69. The monoisotopic (exact) mass is 452 g/mol. The quantitative estimate of drug-likeness (QED) is 0.496. The van der Waals surface area contributed by atoms with Gasteiger partial charge in [0.05, 0.1) is 11.4 Å². The molecule has 0 bridgehead atoms. The first-order valence-electron chi connectivity index (χ1n) is 10.6. The fourth-order valence-electron chi connectivity index (χ4n) is 3.12. The zero-order valence-electron chi connectivity index (χ0n) is 19.1. The molecule has 0 aliphatic rings. The molecule has 0 saturated carbocycles. The summed E-state index contributed by atoms with van der Waals surface area (Å²) in [6.45, 7) is 10.2. The van der Waals surface area contributed by atoms with Gasteiger partial charge in [-0.3, -0.25) is 9.59 Å². The van der Waals surface area contributed by atoms with Crippen LogP contribution in [0.4, 0.5) is 11.5 Å². The first kappa shape index (κ1) is 23.5. The van der Waals surface area contributed by atoms with E-state index in [1.165, 1.54) is 0 Å². The number of aryl methyl sites for hydroxylation is 2. The molecule has 32 heavy (non-hydrogen) atoms. The lowest BCUT2D eigenvalue weighted by Gasteiger charge is -2.14. The summed E-state index contributed by atoms with van der Waals surface area (Å²) in [7, 11) is 0. The summed E-state index contributed by atoms with van der Waals surface area (Å²) in [6.07, 6.45) is 0.137. The molecule has 7 heteroatoms. The lowest BCUT2D eigenvalue weighted by molar-refractivity contribution is -0.121. The van der Waals surface area contributed by atoms with Gasteiger partial charge in [-0.05, 0) is 55.3 Å². The van der Waals surface area contributed by atoms with Gasteiger partial charge in [0, 0.05) is 35.0 Å². The summed E-state index contributed by atoms with van der Waals surface area (Å²) in [5.41, 5.74) is 4.37. The summed E-state index contributed by atoms with van der Waals surface area (Å²) in [4.78, 5) is 24.9. The fourth-order valence-corrected chi connectivity index (χ4v) is 3.30. The molecule has 2 aromatic carbocycles. The molecule has 3 rings (SSSR count). The second-order valence-corrected chi connectivity index (χ2v) is 9.39. The van der Waals surface area contributed by atoms with Crippen LogP contribution >= 0.6 is 11.6 Å². The van der Waals surface area contributed by atoms with Gasteiger partial charge in [-0.25, -0.2) is 4.68 Å². The zero-order valence-corrected chi connectivity index (χ0v) is 19.9. The molecule has 168 valence electrons. The van der Waals surface area contributed by atoms with E-state index in [0.717, 1.165) is 28.2 Å². The van der Waals surface area contributed by atoms with Crippen LogP contribution in [0.1, 0.15) is 50.4 Å². The van der Waals surface area contributed by atoms with Crippen LogP contribution in [0.5, 0.6) is 0 Å². The molecular formula is C25H29ClN4O2. The topological polar surface area (TPSA) is 76.0 Å². The molecule has 0 radical (unpaired) electrons. The fraction of sp³-hybridized carbons (Fsp3) is 0.320. The third-order valence-electron chi connectivity index (χ3n) is 5.17. The van der Waals surface area contributed by atoms with E-state index in [-0.39, 0.29) is 30.1 Å². The maximum Gasteiger partial charge on any atom is 0.226 e. The van der Waals surface area contributed by atoms with Crippen molar-refractivity contribution in [1.29, 1.82) is 0 Å². The van der Waals surface area contributed by atoms with Crippen LogP contribution in [0.3, 0.4) is 0 Å². The van der Waals surface area contributed by atoms with Crippen LogP contribution in [0.25, 0.3) is 5.69 Å². The van der Waals surface area contributed by atoms with E-state index in [1.54, 1.807) is 16.8 Å². The van der Waals surface area contributed by atoms with Gasteiger partial charge in [0.15, 0.2) is 0 Å². The summed E-state index contributed by atoms with van der Waals surface area (Å²) >= 11 is 6.15. The Labute approximate surface area is 194 Å². The number of hydrogen-bond acceptors (Lipinski definition) is 3. The van der Waals surface area contributed by atoms with Crippen LogP contribution in [0, 0.1) is 13.8 Å². The molecule has 1 heterocycles. The predicted molar refractivity (Wildman–Crippen MR) is 130 cm³/mol. The lowest BCUT2D eigenvalue weighted by Crippen LogP contribution is -2.18. The van der Waals surface area contributed by atoms with Crippen molar-refractivity contribution in [2.75, 3.05) is 10.6 Å². The van der Waals surface area contributed by atoms with Crippen molar-refractivity contribution in [3.63, 3.8) is 0 Å². The van der Waals surface area contributed by atoms with Crippen LogP contribution in [-0.4, -0.2) is 21.6 Å². The summed E-state index contributed by atoms with van der Waals surface area (Å²) in [5.74, 6) is 0.0720. The first-order valence-corrected chi connectivity index (χ1v) is 10.9. The van der Waals surface area contributed by atoms with Gasteiger partial charge in [-0.15, -0.1) is 0 Å². The molecule has 3 aromatic rings. The van der Waals surface area contributed by atoms with Gasteiger partial charge in [0.1, 0.15) is 5.82 Å². The van der Waals surface area contributed by atoms with Crippen molar-refractivity contribution in [2.45, 2.75) is 52.9 Å². The van der Waals surface area contributed by atoms with Crippen molar-refractivity contribution < 1.29 is 9.59 Å². The number of hydrogen-bond donors (Lipinski definition) is 2.